The lowest BCUT2D eigenvalue weighted by molar-refractivity contribution is 0.103. The standard InChI is InChI=1S/C14H12ClNO/c1-9-6-10(2)8-11(7-9)14(17)13-12(15)4-3-5-16-13/h3-8H,1-2H3. The van der Waals surface area contributed by atoms with Crippen LogP contribution in [0.3, 0.4) is 0 Å². The summed E-state index contributed by atoms with van der Waals surface area (Å²) in [7, 11) is 0. The van der Waals surface area contributed by atoms with Gasteiger partial charge >= 0.3 is 0 Å². The maximum Gasteiger partial charge on any atom is 0.212 e. The summed E-state index contributed by atoms with van der Waals surface area (Å²) in [6, 6.07) is 9.10. The lowest BCUT2D eigenvalue weighted by atomic mass is 10.0. The Hall–Kier alpha value is -1.67. The molecule has 86 valence electrons. The monoisotopic (exact) mass is 245 g/mol. The van der Waals surface area contributed by atoms with E-state index in [0.717, 1.165) is 11.1 Å². The van der Waals surface area contributed by atoms with Gasteiger partial charge in [-0.15, -0.1) is 0 Å². The van der Waals surface area contributed by atoms with Gasteiger partial charge in [0.05, 0.1) is 5.02 Å². The predicted octanol–water partition coefficient (Wildman–Crippen LogP) is 3.58. The van der Waals surface area contributed by atoms with E-state index in [9.17, 15) is 4.79 Å². The molecule has 1 heterocycles. The van der Waals surface area contributed by atoms with Crippen LogP contribution in [0.25, 0.3) is 0 Å². The van der Waals surface area contributed by atoms with E-state index < -0.39 is 0 Å². The third-order valence-electron chi connectivity index (χ3n) is 2.46. The molecule has 0 radical (unpaired) electrons. The molecule has 0 saturated heterocycles. The molecule has 1 aromatic heterocycles. The fourth-order valence-electron chi connectivity index (χ4n) is 1.80. The largest absolute Gasteiger partial charge is 0.287 e. The van der Waals surface area contributed by atoms with Crippen molar-refractivity contribution in [2.45, 2.75) is 13.8 Å². The van der Waals surface area contributed by atoms with E-state index in [2.05, 4.69) is 4.98 Å². The molecule has 0 fully saturated rings. The second kappa shape index (κ2) is 4.68. The molecule has 0 aliphatic heterocycles. The van der Waals surface area contributed by atoms with Gasteiger partial charge in [0.25, 0.3) is 0 Å². The summed E-state index contributed by atoms with van der Waals surface area (Å²) in [5.74, 6) is -0.137. The Morgan fingerprint density at radius 3 is 2.41 bits per heavy atom. The highest BCUT2D eigenvalue weighted by Gasteiger charge is 2.14. The molecule has 0 spiro atoms. The second-order valence-corrected chi connectivity index (χ2v) is 4.45. The zero-order chi connectivity index (χ0) is 12.4. The minimum atomic E-state index is -0.137. The lowest BCUT2D eigenvalue weighted by Crippen LogP contribution is -2.05. The van der Waals surface area contributed by atoms with Gasteiger partial charge in [-0.05, 0) is 38.1 Å². The summed E-state index contributed by atoms with van der Waals surface area (Å²) in [4.78, 5) is 16.3. The minimum Gasteiger partial charge on any atom is -0.287 e. The maximum atomic E-state index is 12.2. The van der Waals surface area contributed by atoms with E-state index >= 15 is 0 Å². The number of carbonyl (C=O) groups excluding carboxylic acids is 1. The first-order chi connectivity index (χ1) is 8.08. The van der Waals surface area contributed by atoms with Crippen LogP contribution in [0.4, 0.5) is 0 Å². The van der Waals surface area contributed by atoms with Crippen LogP contribution in [-0.4, -0.2) is 10.8 Å². The first kappa shape index (κ1) is 11.8. The number of hydrogen-bond donors (Lipinski definition) is 0. The molecule has 3 heteroatoms. The third kappa shape index (κ3) is 2.53. The number of aromatic nitrogens is 1. The third-order valence-corrected chi connectivity index (χ3v) is 2.76. The van der Waals surface area contributed by atoms with E-state index in [1.165, 1.54) is 0 Å². The highest BCUT2D eigenvalue weighted by Crippen LogP contribution is 2.18. The zero-order valence-corrected chi connectivity index (χ0v) is 10.5. The van der Waals surface area contributed by atoms with Crippen molar-refractivity contribution < 1.29 is 4.79 Å². The van der Waals surface area contributed by atoms with Crippen LogP contribution in [-0.2, 0) is 0 Å². The summed E-state index contributed by atoms with van der Waals surface area (Å²) in [6.07, 6.45) is 1.57. The quantitative estimate of drug-likeness (QED) is 0.757. The van der Waals surface area contributed by atoms with Crippen molar-refractivity contribution >= 4 is 17.4 Å². The molecule has 0 bridgehead atoms. The van der Waals surface area contributed by atoms with Gasteiger partial charge < -0.3 is 0 Å². The molecule has 1 aromatic carbocycles. The summed E-state index contributed by atoms with van der Waals surface area (Å²) >= 11 is 5.97. The molecular formula is C14H12ClNO. The molecule has 0 amide bonds. The van der Waals surface area contributed by atoms with Crippen LogP contribution in [0.2, 0.25) is 5.02 Å². The minimum absolute atomic E-state index is 0.137. The molecule has 0 aliphatic carbocycles. The predicted molar refractivity (Wildman–Crippen MR) is 68.6 cm³/mol. The van der Waals surface area contributed by atoms with E-state index in [-0.39, 0.29) is 5.78 Å². The Balaban J connectivity index is 2.48. The second-order valence-electron chi connectivity index (χ2n) is 4.04. The number of carbonyl (C=O) groups is 1. The molecule has 2 aromatic rings. The van der Waals surface area contributed by atoms with Crippen LogP contribution in [0.1, 0.15) is 27.2 Å². The van der Waals surface area contributed by atoms with Gasteiger partial charge in [0.15, 0.2) is 0 Å². The Kier molecular flexibility index (Phi) is 3.25. The van der Waals surface area contributed by atoms with E-state index in [1.54, 1.807) is 18.3 Å². The summed E-state index contributed by atoms with van der Waals surface area (Å²) in [6.45, 7) is 3.92. The number of hydrogen-bond acceptors (Lipinski definition) is 2. The molecular weight excluding hydrogens is 234 g/mol. The smallest absolute Gasteiger partial charge is 0.212 e. The van der Waals surface area contributed by atoms with Gasteiger partial charge in [0.1, 0.15) is 5.69 Å². The number of pyridine rings is 1. The van der Waals surface area contributed by atoms with Crippen LogP contribution in [0.5, 0.6) is 0 Å². The van der Waals surface area contributed by atoms with Crippen LogP contribution >= 0.6 is 11.6 Å². The fraction of sp³-hybridized carbons (Fsp3) is 0.143. The number of ketones is 1. The first-order valence-corrected chi connectivity index (χ1v) is 5.69. The fourth-order valence-corrected chi connectivity index (χ4v) is 2.00. The lowest BCUT2D eigenvalue weighted by Gasteiger charge is -2.05. The number of rotatable bonds is 2. The molecule has 0 atom stereocenters. The summed E-state index contributed by atoms with van der Waals surface area (Å²) in [5.41, 5.74) is 3.04. The number of nitrogens with zero attached hydrogens (tertiary/aromatic N) is 1. The van der Waals surface area contributed by atoms with Crippen molar-refractivity contribution in [2.75, 3.05) is 0 Å². The number of benzene rings is 1. The highest BCUT2D eigenvalue weighted by molar-refractivity contribution is 6.34. The summed E-state index contributed by atoms with van der Waals surface area (Å²) in [5, 5.41) is 0.386. The first-order valence-electron chi connectivity index (χ1n) is 5.31. The Labute approximate surface area is 105 Å². The average Bonchev–Trinajstić information content (AvgIpc) is 2.27. The van der Waals surface area contributed by atoms with E-state index in [0.29, 0.717) is 16.3 Å². The molecule has 17 heavy (non-hydrogen) atoms. The van der Waals surface area contributed by atoms with Crippen LogP contribution in [0.15, 0.2) is 36.5 Å². The average molecular weight is 246 g/mol. The van der Waals surface area contributed by atoms with Crippen LogP contribution < -0.4 is 0 Å². The van der Waals surface area contributed by atoms with Crippen molar-refractivity contribution in [2.24, 2.45) is 0 Å². The van der Waals surface area contributed by atoms with Crippen molar-refractivity contribution in [3.63, 3.8) is 0 Å². The molecule has 0 aliphatic rings. The van der Waals surface area contributed by atoms with Gasteiger partial charge in [-0.3, -0.25) is 9.78 Å². The molecule has 0 saturated carbocycles. The number of halogens is 1. The molecule has 2 rings (SSSR count). The summed E-state index contributed by atoms with van der Waals surface area (Å²) < 4.78 is 0. The molecule has 2 nitrogen and oxygen atoms in total. The Morgan fingerprint density at radius 2 is 1.82 bits per heavy atom. The highest BCUT2D eigenvalue weighted by atomic mass is 35.5. The Morgan fingerprint density at radius 1 is 1.18 bits per heavy atom. The SMILES string of the molecule is Cc1cc(C)cc(C(=O)c2ncccc2Cl)c1. The maximum absolute atomic E-state index is 12.2. The molecule has 0 unspecified atom stereocenters. The Bertz CT molecular complexity index is 558. The topological polar surface area (TPSA) is 30.0 Å². The van der Waals surface area contributed by atoms with E-state index in [4.69, 9.17) is 11.6 Å². The van der Waals surface area contributed by atoms with Gasteiger partial charge in [-0.1, -0.05) is 28.8 Å². The number of aryl methyl sites for hydroxylation is 2. The van der Waals surface area contributed by atoms with Gasteiger partial charge in [-0.25, -0.2) is 0 Å². The van der Waals surface area contributed by atoms with E-state index in [1.807, 2.05) is 32.0 Å². The normalized spacial score (nSPS) is 10.3. The van der Waals surface area contributed by atoms with Crippen molar-refractivity contribution in [3.8, 4) is 0 Å². The van der Waals surface area contributed by atoms with Crippen LogP contribution in [0, 0.1) is 13.8 Å². The van der Waals surface area contributed by atoms with Gasteiger partial charge in [0, 0.05) is 11.8 Å². The van der Waals surface area contributed by atoms with Crippen molar-refractivity contribution in [1.29, 1.82) is 0 Å². The van der Waals surface area contributed by atoms with Gasteiger partial charge in [0.2, 0.25) is 5.78 Å². The van der Waals surface area contributed by atoms with Crippen molar-refractivity contribution in [3.05, 3.63) is 63.9 Å². The molecule has 0 N–H and O–H groups in total. The van der Waals surface area contributed by atoms with Crippen molar-refractivity contribution in [1.82, 2.24) is 4.98 Å². The van der Waals surface area contributed by atoms with Gasteiger partial charge in [-0.2, -0.15) is 0 Å². The zero-order valence-electron chi connectivity index (χ0n) is 9.70.